The highest BCUT2D eigenvalue weighted by molar-refractivity contribution is 5.79. The van der Waals surface area contributed by atoms with Crippen molar-refractivity contribution < 1.29 is 14.2 Å². The largest absolute Gasteiger partial charge is 0.494 e. The lowest BCUT2D eigenvalue weighted by Gasteiger charge is -2.13. The molecule has 7 heteroatoms. The third-order valence-electron chi connectivity index (χ3n) is 4.60. The first kappa shape index (κ1) is 21.8. The van der Waals surface area contributed by atoms with E-state index in [-0.39, 0.29) is 6.79 Å². The van der Waals surface area contributed by atoms with Gasteiger partial charge in [-0.1, -0.05) is 18.2 Å². The van der Waals surface area contributed by atoms with Gasteiger partial charge >= 0.3 is 0 Å². The van der Waals surface area contributed by atoms with Gasteiger partial charge in [-0.2, -0.15) is 0 Å². The van der Waals surface area contributed by atoms with Crippen molar-refractivity contribution in [3.05, 3.63) is 53.6 Å². The molecule has 0 saturated heterocycles. The zero-order chi connectivity index (χ0) is 21.2. The van der Waals surface area contributed by atoms with E-state index in [1.807, 2.05) is 30.3 Å². The summed E-state index contributed by atoms with van der Waals surface area (Å²) < 4.78 is 16.6. The number of ether oxygens (including phenoxy) is 3. The number of rotatable bonds is 10. The summed E-state index contributed by atoms with van der Waals surface area (Å²) in [5, 5.41) is 6.66. The minimum absolute atomic E-state index is 0.284. The Hall–Kier alpha value is -2.93. The molecule has 1 aliphatic heterocycles. The second kappa shape index (κ2) is 11.3. The Balaban J connectivity index is 1.48. The van der Waals surface area contributed by atoms with Crippen molar-refractivity contribution >= 4 is 5.96 Å². The molecule has 162 valence electrons. The highest BCUT2D eigenvalue weighted by atomic mass is 16.7. The maximum absolute atomic E-state index is 5.79. The first-order chi connectivity index (χ1) is 14.6. The van der Waals surface area contributed by atoms with E-state index in [2.05, 4.69) is 53.7 Å². The molecule has 2 aromatic rings. The van der Waals surface area contributed by atoms with Crippen LogP contribution in [0.1, 0.15) is 24.5 Å². The van der Waals surface area contributed by atoms with Crippen molar-refractivity contribution in [2.45, 2.75) is 26.4 Å². The minimum Gasteiger partial charge on any atom is -0.494 e. The number of hydrogen-bond donors (Lipinski definition) is 2. The fourth-order valence-electron chi connectivity index (χ4n) is 3.01. The van der Waals surface area contributed by atoms with Gasteiger partial charge in [-0.15, -0.1) is 0 Å². The molecule has 2 aromatic carbocycles. The highest BCUT2D eigenvalue weighted by Gasteiger charge is 2.13. The molecule has 0 aliphatic carbocycles. The molecule has 1 aliphatic rings. The molecule has 0 radical (unpaired) electrons. The van der Waals surface area contributed by atoms with E-state index in [0.29, 0.717) is 13.1 Å². The average molecular weight is 413 g/mol. The topological polar surface area (TPSA) is 67.4 Å². The van der Waals surface area contributed by atoms with Gasteiger partial charge in [-0.05, 0) is 62.8 Å². The molecule has 3 rings (SSSR count). The zero-order valence-electron chi connectivity index (χ0n) is 18.1. The summed E-state index contributed by atoms with van der Waals surface area (Å²) in [5.41, 5.74) is 2.25. The van der Waals surface area contributed by atoms with Gasteiger partial charge in [-0.3, -0.25) is 0 Å². The van der Waals surface area contributed by atoms with E-state index < -0.39 is 0 Å². The molecule has 0 bridgehead atoms. The van der Waals surface area contributed by atoms with Crippen LogP contribution in [0.3, 0.4) is 0 Å². The number of hydrogen-bond acceptors (Lipinski definition) is 5. The third kappa shape index (κ3) is 6.84. The molecule has 0 spiro atoms. The van der Waals surface area contributed by atoms with E-state index in [9.17, 15) is 0 Å². The summed E-state index contributed by atoms with van der Waals surface area (Å²) in [6, 6.07) is 14.1. The van der Waals surface area contributed by atoms with Gasteiger partial charge in [0.05, 0.1) is 13.2 Å². The van der Waals surface area contributed by atoms with Gasteiger partial charge in [0.25, 0.3) is 0 Å². The van der Waals surface area contributed by atoms with Crippen LogP contribution < -0.4 is 24.8 Å². The van der Waals surface area contributed by atoms with Crippen LogP contribution in [0.5, 0.6) is 17.2 Å². The summed E-state index contributed by atoms with van der Waals surface area (Å²) >= 11 is 0. The molecule has 0 saturated carbocycles. The maximum Gasteiger partial charge on any atom is 0.231 e. The standard InChI is InChI=1S/C23H32N4O3/c1-4-24-23(26-16-19-8-11-21-22(14-19)30-17-29-21)25-15-18-6-9-20(10-7-18)28-13-5-12-27(2)3/h6-11,14H,4-5,12-13,15-17H2,1-3H3,(H2,24,25,26). The Morgan fingerprint density at radius 1 is 1.03 bits per heavy atom. The Bertz CT molecular complexity index is 822. The van der Waals surface area contributed by atoms with Gasteiger partial charge < -0.3 is 29.7 Å². The van der Waals surface area contributed by atoms with Crippen molar-refractivity contribution in [3.63, 3.8) is 0 Å². The first-order valence-electron chi connectivity index (χ1n) is 10.4. The van der Waals surface area contributed by atoms with Crippen LogP contribution in [0.2, 0.25) is 0 Å². The fraction of sp³-hybridized carbons (Fsp3) is 0.435. The number of aliphatic imine (C=N–C) groups is 1. The lowest BCUT2D eigenvalue weighted by molar-refractivity contribution is 0.174. The number of fused-ring (bicyclic) bond motifs is 1. The van der Waals surface area contributed by atoms with Gasteiger partial charge in [0.1, 0.15) is 5.75 Å². The number of guanidine groups is 1. The van der Waals surface area contributed by atoms with Crippen molar-refractivity contribution in [2.75, 3.05) is 40.6 Å². The number of benzene rings is 2. The van der Waals surface area contributed by atoms with Gasteiger partial charge in [0, 0.05) is 19.6 Å². The fourth-order valence-corrected chi connectivity index (χ4v) is 3.01. The zero-order valence-corrected chi connectivity index (χ0v) is 18.1. The molecule has 0 amide bonds. The summed E-state index contributed by atoms with van der Waals surface area (Å²) in [5.74, 6) is 3.25. The Morgan fingerprint density at radius 2 is 1.80 bits per heavy atom. The third-order valence-corrected chi connectivity index (χ3v) is 4.60. The molecule has 0 fully saturated rings. The van der Waals surface area contributed by atoms with E-state index >= 15 is 0 Å². The van der Waals surface area contributed by atoms with Gasteiger partial charge in [-0.25, -0.2) is 4.99 Å². The molecular formula is C23H32N4O3. The lowest BCUT2D eigenvalue weighted by Crippen LogP contribution is -2.36. The smallest absolute Gasteiger partial charge is 0.231 e. The molecule has 1 heterocycles. The molecule has 30 heavy (non-hydrogen) atoms. The predicted molar refractivity (Wildman–Crippen MR) is 119 cm³/mol. The van der Waals surface area contributed by atoms with Crippen molar-refractivity contribution in [1.82, 2.24) is 15.5 Å². The summed E-state index contributed by atoms with van der Waals surface area (Å²) in [7, 11) is 4.14. The van der Waals surface area contributed by atoms with E-state index in [0.717, 1.165) is 54.9 Å². The predicted octanol–water partition coefficient (Wildman–Crippen LogP) is 3.00. The van der Waals surface area contributed by atoms with E-state index in [1.54, 1.807) is 0 Å². The summed E-state index contributed by atoms with van der Waals surface area (Å²) in [4.78, 5) is 6.84. The van der Waals surface area contributed by atoms with Crippen molar-refractivity contribution in [3.8, 4) is 17.2 Å². The van der Waals surface area contributed by atoms with Crippen LogP contribution in [0.4, 0.5) is 0 Å². The van der Waals surface area contributed by atoms with Crippen LogP contribution in [0.15, 0.2) is 47.5 Å². The molecule has 2 N–H and O–H groups in total. The van der Waals surface area contributed by atoms with Crippen molar-refractivity contribution in [2.24, 2.45) is 4.99 Å². The van der Waals surface area contributed by atoms with Crippen molar-refractivity contribution in [1.29, 1.82) is 0 Å². The number of nitrogens with one attached hydrogen (secondary N) is 2. The van der Waals surface area contributed by atoms with Crippen LogP contribution in [-0.4, -0.2) is 51.4 Å². The van der Waals surface area contributed by atoms with Crippen LogP contribution in [0, 0.1) is 0 Å². The van der Waals surface area contributed by atoms with Crippen LogP contribution >= 0.6 is 0 Å². The first-order valence-corrected chi connectivity index (χ1v) is 10.4. The molecule has 0 aromatic heterocycles. The Labute approximate surface area is 179 Å². The van der Waals surface area contributed by atoms with E-state index in [4.69, 9.17) is 14.2 Å². The molecule has 0 atom stereocenters. The second-order valence-electron chi connectivity index (χ2n) is 7.39. The summed E-state index contributed by atoms with van der Waals surface area (Å²) in [6.45, 7) is 6.15. The van der Waals surface area contributed by atoms with Gasteiger partial charge in [0.15, 0.2) is 17.5 Å². The highest BCUT2D eigenvalue weighted by Crippen LogP contribution is 2.32. The monoisotopic (exact) mass is 412 g/mol. The number of nitrogens with zero attached hydrogens (tertiary/aromatic N) is 2. The lowest BCUT2D eigenvalue weighted by atomic mass is 10.2. The quantitative estimate of drug-likeness (QED) is 0.355. The maximum atomic E-state index is 5.79. The minimum atomic E-state index is 0.284. The second-order valence-corrected chi connectivity index (χ2v) is 7.39. The Morgan fingerprint density at radius 3 is 2.57 bits per heavy atom. The molecular weight excluding hydrogens is 380 g/mol. The molecule has 0 unspecified atom stereocenters. The van der Waals surface area contributed by atoms with Gasteiger partial charge in [0.2, 0.25) is 6.79 Å². The summed E-state index contributed by atoms with van der Waals surface area (Å²) in [6.07, 6.45) is 1.02. The Kier molecular flexibility index (Phi) is 8.20. The normalized spacial score (nSPS) is 12.9. The molecule has 7 nitrogen and oxygen atoms in total. The van der Waals surface area contributed by atoms with Crippen LogP contribution in [-0.2, 0) is 13.1 Å². The average Bonchev–Trinajstić information content (AvgIpc) is 3.22. The SMILES string of the molecule is CCNC(=NCc1ccc2c(c1)OCO2)NCc1ccc(OCCCN(C)C)cc1. The van der Waals surface area contributed by atoms with E-state index in [1.165, 1.54) is 5.56 Å². The van der Waals surface area contributed by atoms with Crippen LogP contribution in [0.25, 0.3) is 0 Å².